The molecule has 5 heteroatoms. The van der Waals surface area contributed by atoms with Crippen LogP contribution in [0.1, 0.15) is 15.9 Å². The fourth-order valence-electron chi connectivity index (χ4n) is 1.95. The van der Waals surface area contributed by atoms with Crippen LogP contribution in [0.15, 0.2) is 54.6 Å². The van der Waals surface area contributed by atoms with E-state index in [0.29, 0.717) is 11.3 Å². The molecule has 0 aliphatic carbocycles. The number of ether oxygens (including phenoxy) is 1. The molecule has 0 fully saturated rings. The number of carbonyl (C=O) groups is 1. The van der Waals surface area contributed by atoms with Gasteiger partial charge in [0.1, 0.15) is 12.4 Å². The van der Waals surface area contributed by atoms with E-state index < -0.39 is 0 Å². The fourth-order valence-corrected chi connectivity index (χ4v) is 1.95. The van der Waals surface area contributed by atoms with Gasteiger partial charge in [-0.1, -0.05) is 35.9 Å². The maximum absolute atomic E-state index is 12.4. The van der Waals surface area contributed by atoms with E-state index in [-0.39, 0.29) is 25.0 Å². The van der Waals surface area contributed by atoms with Crippen molar-refractivity contribution in [2.75, 3.05) is 13.2 Å². The second kappa shape index (κ2) is 7.26. The molecule has 5 nitrogen and oxygen atoms in total. The first kappa shape index (κ1) is 15.6. The lowest BCUT2D eigenvalue weighted by Gasteiger charge is -2.21. The minimum Gasteiger partial charge on any atom is -0.492 e. The Morgan fingerprint density at radius 1 is 1.14 bits per heavy atom. The third-order valence-electron chi connectivity index (χ3n) is 3.16. The lowest BCUT2D eigenvalue weighted by Crippen LogP contribution is -2.43. The Morgan fingerprint density at radius 2 is 1.77 bits per heavy atom. The molecule has 0 spiro atoms. The van der Waals surface area contributed by atoms with Gasteiger partial charge in [0.15, 0.2) is 5.96 Å². The number of rotatable bonds is 5. The average Bonchev–Trinajstić information content (AvgIpc) is 2.52. The highest BCUT2D eigenvalue weighted by atomic mass is 16.5. The van der Waals surface area contributed by atoms with Crippen molar-refractivity contribution in [1.29, 1.82) is 5.41 Å². The average molecular weight is 297 g/mol. The molecule has 0 atom stereocenters. The second-order valence-electron chi connectivity index (χ2n) is 4.87. The Morgan fingerprint density at radius 3 is 2.36 bits per heavy atom. The maximum Gasteiger partial charge on any atom is 0.260 e. The molecule has 0 aliphatic rings. The molecule has 2 aromatic carbocycles. The Hall–Kier alpha value is -2.82. The monoisotopic (exact) mass is 297 g/mol. The molecule has 2 aromatic rings. The number of guanidine groups is 1. The third kappa shape index (κ3) is 4.09. The lowest BCUT2D eigenvalue weighted by atomic mass is 10.1. The summed E-state index contributed by atoms with van der Waals surface area (Å²) < 4.78 is 5.55. The molecule has 0 aliphatic heterocycles. The van der Waals surface area contributed by atoms with E-state index in [2.05, 4.69) is 0 Å². The molecule has 0 bridgehead atoms. The zero-order valence-electron chi connectivity index (χ0n) is 12.5. The van der Waals surface area contributed by atoms with E-state index in [1.807, 2.05) is 49.4 Å². The molecule has 0 saturated carbocycles. The van der Waals surface area contributed by atoms with Crippen LogP contribution in [-0.4, -0.2) is 29.9 Å². The first-order valence-electron chi connectivity index (χ1n) is 6.98. The summed E-state index contributed by atoms with van der Waals surface area (Å²) in [6.07, 6.45) is 0. The van der Waals surface area contributed by atoms with Gasteiger partial charge in [-0.15, -0.1) is 0 Å². The van der Waals surface area contributed by atoms with Crippen molar-refractivity contribution in [2.24, 2.45) is 5.73 Å². The van der Waals surface area contributed by atoms with Crippen molar-refractivity contribution >= 4 is 11.9 Å². The number of hydrogen-bond acceptors (Lipinski definition) is 3. The second-order valence-corrected chi connectivity index (χ2v) is 4.87. The predicted octanol–water partition coefficient (Wildman–Crippen LogP) is 2.41. The van der Waals surface area contributed by atoms with Crippen molar-refractivity contribution in [1.82, 2.24) is 4.90 Å². The summed E-state index contributed by atoms with van der Waals surface area (Å²) in [4.78, 5) is 13.6. The van der Waals surface area contributed by atoms with Crippen LogP contribution in [0.3, 0.4) is 0 Å². The quantitative estimate of drug-likeness (QED) is 0.657. The Kier molecular flexibility index (Phi) is 5.14. The van der Waals surface area contributed by atoms with Gasteiger partial charge in [-0.2, -0.15) is 0 Å². The van der Waals surface area contributed by atoms with E-state index in [9.17, 15) is 4.79 Å². The van der Waals surface area contributed by atoms with Crippen molar-refractivity contribution in [3.63, 3.8) is 0 Å². The summed E-state index contributed by atoms with van der Waals surface area (Å²) in [7, 11) is 0. The summed E-state index contributed by atoms with van der Waals surface area (Å²) in [5, 5.41) is 7.58. The lowest BCUT2D eigenvalue weighted by molar-refractivity contribution is 0.0828. The molecule has 22 heavy (non-hydrogen) atoms. The van der Waals surface area contributed by atoms with Crippen molar-refractivity contribution < 1.29 is 9.53 Å². The zero-order chi connectivity index (χ0) is 15.9. The van der Waals surface area contributed by atoms with Gasteiger partial charge in [0.2, 0.25) is 0 Å². The molecule has 0 aromatic heterocycles. The van der Waals surface area contributed by atoms with Gasteiger partial charge in [-0.3, -0.25) is 15.1 Å². The number of para-hydroxylation sites is 1. The topological polar surface area (TPSA) is 79.4 Å². The van der Waals surface area contributed by atoms with Gasteiger partial charge < -0.3 is 10.5 Å². The first-order valence-corrected chi connectivity index (χ1v) is 6.98. The number of hydrogen-bond donors (Lipinski definition) is 2. The Balaban J connectivity index is 1.99. The molecule has 1 amide bonds. The summed E-state index contributed by atoms with van der Waals surface area (Å²) >= 11 is 0. The molecule has 0 radical (unpaired) electrons. The van der Waals surface area contributed by atoms with Gasteiger partial charge in [0, 0.05) is 5.56 Å². The number of nitrogens with two attached hydrogens (primary N) is 1. The van der Waals surface area contributed by atoms with E-state index in [4.69, 9.17) is 15.9 Å². The van der Waals surface area contributed by atoms with Crippen LogP contribution in [0.5, 0.6) is 5.75 Å². The highest BCUT2D eigenvalue weighted by Gasteiger charge is 2.18. The standard InChI is InChI=1S/C17H19N3O2/c1-13-7-9-14(10-8-13)16(21)20(17(18)19)11-12-22-15-5-3-2-4-6-15/h2-10H,11-12H2,1H3,(H3,18,19). The minimum atomic E-state index is -0.302. The Labute approximate surface area is 129 Å². The number of amides is 1. The smallest absolute Gasteiger partial charge is 0.260 e. The molecule has 0 heterocycles. The highest BCUT2D eigenvalue weighted by Crippen LogP contribution is 2.10. The summed E-state index contributed by atoms with van der Waals surface area (Å²) in [5.74, 6) is 0.125. The molecule has 3 N–H and O–H groups in total. The van der Waals surface area contributed by atoms with Crippen LogP contribution in [0, 0.1) is 12.3 Å². The van der Waals surface area contributed by atoms with E-state index in [1.165, 1.54) is 4.90 Å². The largest absolute Gasteiger partial charge is 0.492 e. The maximum atomic E-state index is 12.4. The summed E-state index contributed by atoms with van der Waals surface area (Å²) in [6.45, 7) is 2.43. The van der Waals surface area contributed by atoms with Crippen LogP contribution in [0.25, 0.3) is 0 Å². The zero-order valence-corrected chi connectivity index (χ0v) is 12.5. The molecular weight excluding hydrogens is 278 g/mol. The van der Waals surface area contributed by atoms with E-state index >= 15 is 0 Å². The number of nitrogens with zero attached hydrogens (tertiary/aromatic N) is 1. The molecule has 2 rings (SSSR count). The normalized spacial score (nSPS) is 10.0. The fraction of sp³-hybridized carbons (Fsp3) is 0.176. The summed E-state index contributed by atoms with van der Waals surface area (Å²) in [5.41, 5.74) is 7.09. The van der Waals surface area contributed by atoms with Crippen molar-refractivity contribution in [3.05, 3.63) is 65.7 Å². The number of benzene rings is 2. The number of nitrogens with one attached hydrogen (secondary N) is 1. The van der Waals surface area contributed by atoms with Gasteiger partial charge in [-0.05, 0) is 31.2 Å². The van der Waals surface area contributed by atoms with E-state index in [0.717, 1.165) is 5.56 Å². The van der Waals surface area contributed by atoms with Crippen LogP contribution < -0.4 is 10.5 Å². The van der Waals surface area contributed by atoms with Crippen LogP contribution >= 0.6 is 0 Å². The van der Waals surface area contributed by atoms with Gasteiger partial charge >= 0.3 is 0 Å². The van der Waals surface area contributed by atoms with Crippen molar-refractivity contribution in [3.8, 4) is 5.75 Å². The molecule has 0 unspecified atom stereocenters. The van der Waals surface area contributed by atoms with Gasteiger partial charge in [0.05, 0.1) is 6.54 Å². The minimum absolute atomic E-state index is 0.219. The van der Waals surface area contributed by atoms with Crippen LogP contribution in [0.2, 0.25) is 0 Å². The summed E-state index contributed by atoms with van der Waals surface area (Å²) in [6, 6.07) is 16.5. The first-order chi connectivity index (χ1) is 10.6. The van der Waals surface area contributed by atoms with Gasteiger partial charge in [0.25, 0.3) is 5.91 Å². The Bertz CT molecular complexity index is 639. The van der Waals surface area contributed by atoms with Crippen molar-refractivity contribution in [2.45, 2.75) is 6.92 Å². The number of aryl methyl sites for hydroxylation is 1. The molecular formula is C17H19N3O2. The van der Waals surface area contributed by atoms with Gasteiger partial charge in [-0.25, -0.2) is 0 Å². The SMILES string of the molecule is Cc1ccc(C(=O)N(CCOc2ccccc2)C(=N)N)cc1. The molecule has 114 valence electrons. The third-order valence-corrected chi connectivity index (χ3v) is 3.16. The predicted molar refractivity (Wildman–Crippen MR) is 86.1 cm³/mol. The number of carbonyl (C=O) groups excluding carboxylic acids is 1. The van der Waals surface area contributed by atoms with Crippen LogP contribution in [-0.2, 0) is 0 Å². The van der Waals surface area contributed by atoms with E-state index in [1.54, 1.807) is 12.1 Å². The highest BCUT2D eigenvalue weighted by molar-refractivity contribution is 6.04. The van der Waals surface area contributed by atoms with Crippen LogP contribution in [0.4, 0.5) is 0 Å². The molecule has 0 saturated heterocycles.